The molecule has 4 nitrogen and oxygen atoms in total. The van der Waals surface area contributed by atoms with Crippen LogP contribution in [0.5, 0.6) is 0 Å². The lowest BCUT2D eigenvalue weighted by Gasteiger charge is -2.25. The van der Waals surface area contributed by atoms with E-state index in [2.05, 4.69) is 5.10 Å². The van der Waals surface area contributed by atoms with Crippen molar-refractivity contribution in [2.45, 2.75) is 32.1 Å². The van der Waals surface area contributed by atoms with Crippen molar-refractivity contribution in [3.63, 3.8) is 0 Å². The van der Waals surface area contributed by atoms with E-state index >= 15 is 0 Å². The van der Waals surface area contributed by atoms with Crippen LogP contribution in [0.3, 0.4) is 0 Å². The minimum absolute atomic E-state index is 0.209. The second kappa shape index (κ2) is 4.68. The maximum absolute atomic E-state index is 12.2. The quantitative estimate of drug-likeness (QED) is 0.765. The number of carbonyl (C=O) groups is 1. The topological polar surface area (TPSA) is 38.1 Å². The van der Waals surface area contributed by atoms with E-state index in [9.17, 15) is 4.79 Å². The summed E-state index contributed by atoms with van der Waals surface area (Å²) < 4.78 is 1.72. The molecule has 0 N–H and O–H groups in total. The van der Waals surface area contributed by atoms with Crippen molar-refractivity contribution in [3.8, 4) is 0 Å². The number of hydrogen-bond donors (Lipinski definition) is 0. The van der Waals surface area contributed by atoms with Gasteiger partial charge < -0.3 is 0 Å². The molecule has 0 atom stereocenters. The standard InChI is InChI=1S/C12H19N3O/c1-14-9-8-11(13-14)15(2)12(16)10-6-4-3-5-7-10/h8-10H,3-7H2,1-2H3. The van der Waals surface area contributed by atoms with E-state index in [0.717, 1.165) is 18.7 Å². The van der Waals surface area contributed by atoms with Gasteiger partial charge in [0.2, 0.25) is 5.91 Å². The second-order valence-electron chi connectivity index (χ2n) is 4.58. The monoisotopic (exact) mass is 221 g/mol. The van der Waals surface area contributed by atoms with E-state index in [1.165, 1.54) is 19.3 Å². The molecule has 0 saturated heterocycles. The Balaban J connectivity index is 2.03. The van der Waals surface area contributed by atoms with Gasteiger partial charge in [-0.25, -0.2) is 0 Å². The van der Waals surface area contributed by atoms with Gasteiger partial charge >= 0.3 is 0 Å². The minimum atomic E-state index is 0.209. The van der Waals surface area contributed by atoms with Gasteiger partial charge in [-0.2, -0.15) is 5.10 Å². The number of anilines is 1. The van der Waals surface area contributed by atoms with Gasteiger partial charge in [0.1, 0.15) is 0 Å². The normalized spacial score (nSPS) is 17.4. The highest BCUT2D eigenvalue weighted by Crippen LogP contribution is 2.26. The van der Waals surface area contributed by atoms with Crippen LogP contribution in [0.1, 0.15) is 32.1 Å². The first-order chi connectivity index (χ1) is 7.68. The van der Waals surface area contributed by atoms with Crippen LogP contribution in [0.25, 0.3) is 0 Å². The van der Waals surface area contributed by atoms with Gasteiger partial charge in [-0.1, -0.05) is 19.3 Å². The van der Waals surface area contributed by atoms with Crippen LogP contribution in [0.2, 0.25) is 0 Å². The molecule has 1 aromatic heterocycles. The van der Waals surface area contributed by atoms with Crippen LogP contribution in [-0.4, -0.2) is 22.7 Å². The van der Waals surface area contributed by atoms with E-state index in [1.54, 1.807) is 9.58 Å². The first kappa shape index (κ1) is 11.2. The Hall–Kier alpha value is -1.32. The lowest BCUT2D eigenvalue weighted by molar-refractivity contribution is -0.123. The highest BCUT2D eigenvalue weighted by Gasteiger charge is 2.25. The Morgan fingerprint density at radius 3 is 2.69 bits per heavy atom. The van der Waals surface area contributed by atoms with Gasteiger partial charge in [0.15, 0.2) is 5.82 Å². The molecular weight excluding hydrogens is 202 g/mol. The third-order valence-corrected chi connectivity index (χ3v) is 3.33. The average Bonchev–Trinajstić information content (AvgIpc) is 2.75. The van der Waals surface area contributed by atoms with Crippen LogP contribution < -0.4 is 4.90 Å². The van der Waals surface area contributed by atoms with Crippen molar-refractivity contribution in [2.24, 2.45) is 13.0 Å². The molecule has 1 aliphatic carbocycles. The van der Waals surface area contributed by atoms with Crippen LogP contribution in [-0.2, 0) is 11.8 Å². The van der Waals surface area contributed by atoms with Crippen molar-refractivity contribution < 1.29 is 4.79 Å². The predicted octanol–water partition coefficient (Wildman–Crippen LogP) is 1.96. The van der Waals surface area contributed by atoms with Gasteiger partial charge in [0.25, 0.3) is 0 Å². The van der Waals surface area contributed by atoms with Crippen molar-refractivity contribution in [1.82, 2.24) is 9.78 Å². The summed E-state index contributed by atoms with van der Waals surface area (Å²) in [4.78, 5) is 13.9. The molecule has 1 aromatic rings. The van der Waals surface area contributed by atoms with Crippen LogP contribution >= 0.6 is 0 Å². The summed E-state index contributed by atoms with van der Waals surface area (Å²) in [7, 11) is 3.68. The highest BCUT2D eigenvalue weighted by molar-refractivity contribution is 5.93. The predicted molar refractivity (Wildman–Crippen MR) is 63.2 cm³/mol. The Labute approximate surface area is 96.2 Å². The van der Waals surface area contributed by atoms with Gasteiger partial charge in [-0.05, 0) is 12.8 Å². The summed E-state index contributed by atoms with van der Waals surface area (Å²) in [6.45, 7) is 0. The zero-order valence-corrected chi connectivity index (χ0v) is 10.0. The van der Waals surface area contributed by atoms with Crippen molar-refractivity contribution in [1.29, 1.82) is 0 Å². The number of hydrogen-bond acceptors (Lipinski definition) is 2. The van der Waals surface area contributed by atoms with Crippen LogP contribution in [0, 0.1) is 5.92 Å². The Kier molecular flexibility index (Phi) is 3.27. The summed E-state index contributed by atoms with van der Waals surface area (Å²) in [6, 6.07) is 1.88. The lowest BCUT2D eigenvalue weighted by atomic mass is 9.88. The molecule has 1 aliphatic rings. The number of aromatic nitrogens is 2. The van der Waals surface area contributed by atoms with Crippen molar-refractivity contribution in [2.75, 3.05) is 11.9 Å². The molecule has 1 heterocycles. The zero-order chi connectivity index (χ0) is 11.5. The molecule has 0 radical (unpaired) electrons. The summed E-state index contributed by atoms with van der Waals surface area (Å²) in [6.07, 6.45) is 7.59. The number of carbonyl (C=O) groups excluding carboxylic acids is 1. The average molecular weight is 221 g/mol. The van der Waals surface area contributed by atoms with E-state index in [-0.39, 0.29) is 11.8 Å². The first-order valence-corrected chi connectivity index (χ1v) is 5.95. The first-order valence-electron chi connectivity index (χ1n) is 5.95. The van der Waals surface area contributed by atoms with Gasteiger partial charge in [-0.15, -0.1) is 0 Å². The van der Waals surface area contributed by atoms with Crippen molar-refractivity contribution in [3.05, 3.63) is 12.3 Å². The Morgan fingerprint density at radius 2 is 2.12 bits per heavy atom. The molecule has 0 aromatic carbocycles. The summed E-state index contributed by atoms with van der Waals surface area (Å²) in [5, 5.41) is 4.25. The fraction of sp³-hybridized carbons (Fsp3) is 0.667. The largest absolute Gasteiger partial charge is 0.298 e. The van der Waals surface area contributed by atoms with Crippen LogP contribution in [0.15, 0.2) is 12.3 Å². The molecule has 1 amide bonds. The Morgan fingerprint density at radius 1 is 1.44 bits per heavy atom. The SMILES string of the molecule is CN(C(=O)C1CCCCC1)c1ccn(C)n1. The molecule has 0 spiro atoms. The number of amides is 1. The second-order valence-corrected chi connectivity index (χ2v) is 4.58. The molecule has 2 rings (SSSR count). The molecule has 4 heteroatoms. The van der Waals surface area contributed by atoms with Gasteiger partial charge in [0, 0.05) is 32.3 Å². The fourth-order valence-corrected chi connectivity index (χ4v) is 2.32. The number of nitrogens with zero attached hydrogens (tertiary/aromatic N) is 3. The molecule has 1 saturated carbocycles. The van der Waals surface area contributed by atoms with E-state index in [1.807, 2.05) is 26.4 Å². The van der Waals surface area contributed by atoms with E-state index in [4.69, 9.17) is 0 Å². The molecule has 0 bridgehead atoms. The van der Waals surface area contributed by atoms with Gasteiger partial charge in [0.05, 0.1) is 0 Å². The molecule has 0 unspecified atom stereocenters. The van der Waals surface area contributed by atoms with E-state index < -0.39 is 0 Å². The molecule has 0 aliphatic heterocycles. The summed E-state index contributed by atoms with van der Waals surface area (Å²) >= 11 is 0. The molecule has 16 heavy (non-hydrogen) atoms. The molecule has 88 valence electrons. The summed E-state index contributed by atoms with van der Waals surface area (Å²) in [5.74, 6) is 1.18. The fourth-order valence-electron chi connectivity index (χ4n) is 2.32. The molecule has 1 fully saturated rings. The van der Waals surface area contributed by atoms with E-state index in [0.29, 0.717) is 0 Å². The summed E-state index contributed by atoms with van der Waals surface area (Å²) in [5.41, 5.74) is 0. The maximum Gasteiger partial charge on any atom is 0.231 e. The smallest absolute Gasteiger partial charge is 0.231 e. The zero-order valence-electron chi connectivity index (χ0n) is 10.0. The number of aryl methyl sites for hydroxylation is 1. The number of rotatable bonds is 2. The maximum atomic E-state index is 12.2. The van der Waals surface area contributed by atoms with Gasteiger partial charge in [-0.3, -0.25) is 14.4 Å². The van der Waals surface area contributed by atoms with Crippen LogP contribution in [0.4, 0.5) is 5.82 Å². The Bertz CT molecular complexity index is 366. The molecular formula is C12H19N3O. The minimum Gasteiger partial charge on any atom is -0.298 e. The third-order valence-electron chi connectivity index (χ3n) is 3.33. The third kappa shape index (κ3) is 2.26. The highest BCUT2D eigenvalue weighted by atomic mass is 16.2. The lowest BCUT2D eigenvalue weighted by Crippen LogP contribution is -2.34. The van der Waals surface area contributed by atoms with Crippen molar-refractivity contribution >= 4 is 11.7 Å².